The van der Waals surface area contributed by atoms with Gasteiger partial charge in [0.1, 0.15) is 0 Å². The molecule has 7 heteroatoms. The molecule has 0 bridgehead atoms. The number of nitrogens with one attached hydrogen (secondary N) is 1. The molecule has 0 aromatic carbocycles. The van der Waals surface area contributed by atoms with Crippen LogP contribution in [0.4, 0.5) is 0 Å². The molecule has 0 fully saturated rings. The van der Waals surface area contributed by atoms with Crippen LogP contribution >= 0.6 is 0 Å². The van der Waals surface area contributed by atoms with E-state index in [1.165, 1.54) is 6.92 Å². The first kappa shape index (κ1) is 16.2. The number of hydrogen-bond acceptors (Lipinski definition) is 5. The Balaban J connectivity index is 3.83. The van der Waals surface area contributed by atoms with Crippen molar-refractivity contribution in [1.29, 1.82) is 0 Å². The van der Waals surface area contributed by atoms with Gasteiger partial charge in [-0.15, -0.1) is 0 Å². The van der Waals surface area contributed by atoms with E-state index >= 15 is 0 Å². The SMILES string of the molecule is CO[Si](CCCCC(=O)NC(C)=O)(OC)OC. The summed E-state index contributed by atoms with van der Waals surface area (Å²) < 4.78 is 15.7. The van der Waals surface area contributed by atoms with Crippen LogP contribution in [0.15, 0.2) is 0 Å². The number of imide groups is 1. The maximum atomic E-state index is 11.2. The van der Waals surface area contributed by atoms with E-state index in [0.29, 0.717) is 18.9 Å². The number of carbonyl (C=O) groups is 2. The number of hydrogen-bond donors (Lipinski definition) is 1. The first-order valence-electron chi connectivity index (χ1n) is 5.45. The second kappa shape index (κ2) is 8.35. The summed E-state index contributed by atoms with van der Waals surface area (Å²) in [5.41, 5.74) is 0. The lowest BCUT2D eigenvalue weighted by Crippen LogP contribution is -2.42. The third-order valence-electron chi connectivity index (χ3n) is 2.39. The van der Waals surface area contributed by atoms with Crippen LogP contribution in [0.25, 0.3) is 0 Å². The van der Waals surface area contributed by atoms with Gasteiger partial charge < -0.3 is 13.3 Å². The second-order valence-corrected chi connectivity index (χ2v) is 6.70. The van der Waals surface area contributed by atoms with Crippen molar-refractivity contribution in [2.75, 3.05) is 21.3 Å². The molecule has 0 aromatic heterocycles. The molecule has 0 unspecified atom stereocenters. The Bertz CT molecular complexity index is 247. The van der Waals surface area contributed by atoms with Gasteiger partial charge in [0.2, 0.25) is 11.8 Å². The van der Waals surface area contributed by atoms with Crippen molar-refractivity contribution >= 4 is 20.6 Å². The summed E-state index contributed by atoms with van der Waals surface area (Å²) in [4.78, 5) is 21.8. The predicted molar refractivity (Wildman–Crippen MR) is 64.3 cm³/mol. The van der Waals surface area contributed by atoms with Gasteiger partial charge in [-0.2, -0.15) is 0 Å². The van der Waals surface area contributed by atoms with Crippen LogP contribution in [-0.2, 0) is 22.9 Å². The van der Waals surface area contributed by atoms with Crippen LogP contribution in [0.5, 0.6) is 0 Å². The van der Waals surface area contributed by atoms with E-state index in [0.717, 1.165) is 6.42 Å². The smallest absolute Gasteiger partial charge is 0.377 e. The quantitative estimate of drug-likeness (QED) is 0.515. The molecule has 1 N–H and O–H groups in total. The van der Waals surface area contributed by atoms with E-state index in [2.05, 4.69) is 5.32 Å². The fraction of sp³-hybridized carbons (Fsp3) is 0.800. The predicted octanol–water partition coefficient (Wildman–Crippen LogP) is 0.697. The summed E-state index contributed by atoms with van der Waals surface area (Å²) in [6.07, 6.45) is 1.75. The third-order valence-corrected chi connectivity index (χ3v) is 5.22. The average Bonchev–Trinajstić information content (AvgIpc) is 2.29. The minimum absolute atomic E-state index is 0.253. The number of amides is 2. The molecule has 2 amide bonds. The zero-order valence-corrected chi connectivity index (χ0v) is 11.9. The van der Waals surface area contributed by atoms with Crippen LogP contribution in [-0.4, -0.2) is 41.9 Å². The Morgan fingerprint density at radius 3 is 2.00 bits per heavy atom. The van der Waals surface area contributed by atoms with Crippen molar-refractivity contribution in [3.05, 3.63) is 0 Å². The molecule has 0 aromatic rings. The Morgan fingerprint density at radius 1 is 1.06 bits per heavy atom. The number of carbonyl (C=O) groups excluding carboxylic acids is 2. The summed E-state index contributed by atoms with van der Waals surface area (Å²) in [6, 6.07) is 0.657. The molecule has 100 valence electrons. The second-order valence-electron chi connectivity index (χ2n) is 3.61. The van der Waals surface area contributed by atoms with E-state index in [1.54, 1.807) is 21.3 Å². The lowest BCUT2D eigenvalue weighted by atomic mass is 10.2. The highest BCUT2D eigenvalue weighted by Crippen LogP contribution is 2.16. The van der Waals surface area contributed by atoms with Crippen molar-refractivity contribution in [2.24, 2.45) is 0 Å². The maximum absolute atomic E-state index is 11.2. The van der Waals surface area contributed by atoms with Gasteiger partial charge in [-0.05, 0) is 12.8 Å². The Kier molecular flexibility index (Phi) is 7.97. The highest BCUT2D eigenvalue weighted by atomic mass is 28.4. The molecule has 6 nitrogen and oxygen atoms in total. The fourth-order valence-electron chi connectivity index (χ4n) is 1.44. The normalized spacial score (nSPS) is 11.3. The summed E-state index contributed by atoms with van der Waals surface area (Å²) in [5.74, 6) is -0.582. The first-order chi connectivity index (χ1) is 7.99. The molecular weight excluding hydrogens is 242 g/mol. The zero-order chi connectivity index (χ0) is 13.3. The topological polar surface area (TPSA) is 73.9 Å². The van der Waals surface area contributed by atoms with Crippen molar-refractivity contribution < 1.29 is 22.9 Å². The molecule has 17 heavy (non-hydrogen) atoms. The number of unbranched alkanes of at least 4 members (excludes halogenated alkanes) is 1. The van der Waals surface area contributed by atoms with Crippen LogP contribution in [0, 0.1) is 0 Å². The molecule has 0 spiro atoms. The van der Waals surface area contributed by atoms with Crippen LogP contribution < -0.4 is 5.32 Å². The van der Waals surface area contributed by atoms with Crippen molar-refractivity contribution in [3.63, 3.8) is 0 Å². The molecule has 0 rings (SSSR count). The Labute approximate surface area is 103 Å². The van der Waals surface area contributed by atoms with Gasteiger partial charge in [-0.1, -0.05) is 0 Å². The zero-order valence-electron chi connectivity index (χ0n) is 10.9. The Hall–Kier alpha value is -0.763. The van der Waals surface area contributed by atoms with Crippen LogP contribution in [0.3, 0.4) is 0 Å². The lowest BCUT2D eigenvalue weighted by molar-refractivity contribution is -0.129. The van der Waals surface area contributed by atoms with Gasteiger partial charge in [-0.25, -0.2) is 0 Å². The molecule has 0 saturated heterocycles. The summed E-state index contributed by atoms with van der Waals surface area (Å²) in [7, 11) is 2.15. The van der Waals surface area contributed by atoms with E-state index in [1.807, 2.05) is 0 Å². The van der Waals surface area contributed by atoms with E-state index < -0.39 is 8.80 Å². The first-order valence-corrected chi connectivity index (χ1v) is 7.38. The lowest BCUT2D eigenvalue weighted by Gasteiger charge is -2.24. The van der Waals surface area contributed by atoms with Gasteiger partial charge in [-0.3, -0.25) is 14.9 Å². The molecule has 0 aliphatic heterocycles. The van der Waals surface area contributed by atoms with Crippen molar-refractivity contribution in [2.45, 2.75) is 32.2 Å². The standard InChI is InChI=1S/C10H21NO5Si/c1-9(12)11-10(13)7-5-6-8-17(14-2,15-3)16-4/h5-8H2,1-4H3,(H,11,12,13). The van der Waals surface area contributed by atoms with Gasteiger partial charge in [0.05, 0.1) is 0 Å². The fourth-order valence-corrected chi connectivity index (χ4v) is 3.24. The minimum atomic E-state index is -2.52. The maximum Gasteiger partial charge on any atom is 0.500 e. The van der Waals surface area contributed by atoms with E-state index in [9.17, 15) is 9.59 Å². The molecule has 0 heterocycles. The Morgan fingerprint density at radius 2 is 1.59 bits per heavy atom. The highest BCUT2D eigenvalue weighted by Gasteiger charge is 2.36. The van der Waals surface area contributed by atoms with Gasteiger partial charge in [0.25, 0.3) is 0 Å². The summed E-state index contributed by atoms with van der Waals surface area (Å²) >= 11 is 0. The third kappa shape index (κ3) is 6.52. The van der Waals surface area contributed by atoms with Crippen LogP contribution in [0.1, 0.15) is 26.2 Å². The van der Waals surface area contributed by atoms with E-state index in [4.69, 9.17) is 13.3 Å². The van der Waals surface area contributed by atoms with Gasteiger partial charge in [0.15, 0.2) is 0 Å². The minimum Gasteiger partial charge on any atom is -0.377 e. The summed E-state index contributed by atoms with van der Waals surface area (Å²) in [6.45, 7) is 1.32. The van der Waals surface area contributed by atoms with Crippen LogP contribution in [0.2, 0.25) is 6.04 Å². The molecule has 0 radical (unpaired) electrons. The van der Waals surface area contributed by atoms with Gasteiger partial charge >= 0.3 is 8.80 Å². The summed E-state index contributed by atoms with van der Waals surface area (Å²) in [5, 5.41) is 2.22. The average molecular weight is 263 g/mol. The number of rotatable bonds is 8. The highest BCUT2D eigenvalue weighted by molar-refractivity contribution is 6.60. The molecule has 0 saturated carbocycles. The van der Waals surface area contributed by atoms with Crippen molar-refractivity contribution in [3.8, 4) is 0 Å². The monoisotopic (exact) mass is 263 g/mol. The molecule has 0 atom stereocenters. The van der Waals surface area contributed by atoms with Crippen molar-refractivity contribution in [1.82, 2.24) is 5.32 Å². The molecule has 0 aliphatic rings. The molecular formula is C10H21NO5Si. The van der Waals surface area contributed by atoms with Gasteiger partial charge in [0, 0.05) is 40.7 Å². The van der Waals surface area contributed by atoms with E-state index in [-0.39, 0.29) is 11.8 Å². The largest absolute Gasteiger partial charge is 0.500 e. The molecule has 0 aliphatic carbocycles.